The highest BCUT2D eigenvalue weighted by Crippen LogP contribution is 2.32. The zero-order chi connectivity index (χ0) is 21.5. The van der Waals surface area contributed by atoms with E-state index >= 15 is 0 Å². The number of benzene rings is 1. The number of nitrogens with zero attached hydrogens (tertiary/aromatic N) is 2. The normalized spacial score (nSPS) is 20.3. The molecule has 1 saturated heterocycles. The Balaban J connectivity index is 1.79. The van der Waals surface area contributed by atoms with Gasteiger partial charge in [-0.3, -0.25) is 28.9 Å². The van der Waals surface area contributed by atoms with Gasteiger partial charge in [0.05, 0.1) is 11.1 Å². The Bertz CT molecular complexity index is 912. The number of carbonyl (C=O) groups is 5. The summed E-state index contributed by atoms with van der Waals surface area (Å²) in [5.41, 5.74) is 11.8. The van der Waals surface area contributed by atoms with Crippen LogP contribution >= 0.6 is 0 Å². The number of ether oxygens (including phenoxy) is 1. The van der Waals surface area contributed by atoms with Gasteiger partial charge in [0.15, 0.2) is 6.73 Å². The average molecular weight is 402 g/mol. The number of nitrogen functional groups attached to an aromatic ring is 1. The highest BCUT2D eigenvalue weighted by molar-refractivity contribution is 6.25. The molecule has 0 spiro atoms. The van der Waals surface area contributed by atoms with Crippen molar-refractivity contribution in [3.8, 4) is 0 Å². The predicted molar refractivity (Wildman–Crippen MR) is 100 cm³/mol. The molecule has 2 heterocycles. The van der Waals surface area contributed by atoms with Crippen LogP contribution in [0.5, 0.6) is 0 Å². The van der Waals surface area contributed by atoms with Crippen molar-refractivity contribution in [3.05, 3.63) is 29.3 Å². The number of amides is 4. The fourth-order valence-electron chi connectivity index (χ4n) is 3.31. The van der Waals surface area contributed by atoms with Crippen LogP contribution in [0.2, 0.25) is 0 Å². The number of likely N-dealkylation sites (tertiary alicyclic amines) is 1. The largest absolute Gasteiger partial charge is 0.443 e. The van der Waals surface area contributed by atoms with Crippen molar-refractivity contribution >= 4 is 35.3 Å². The minimum Gasteiger partial charge on any atom is -0.443 e. The van der Waals surface area contributed by atoms with E-state index in [9.17, 15) is 24.0 Å². The number of esters is 1. The van der Waals surface area contributed by atoms with Gasteiger partial charge in [0, 0.05) is 12.1 Å². The fraction of sp³-hybridized carbons (Fsp3) is 0.421. The third-order valence-electron chi connectivity index (χ3n) is 5.10. The Morgan fingerprint density at radius 3 is 2.52 bits per heavy atom. The standard InChI is InChI=1S/C19H22N4O6/c1-9(2)15(21)19(28)29-8-22-13(24)7-6-12(17(22)26)23-16(25)10-4-3-5-11(20)14(10)18(23)27/h3-5,9,12,15H,6-8,20-21H2,1-2H3/t12?,15-/m0/s1. The van der Waals surface area contributed by atoms with Gasteiger partial charge in [0.1, 0.15) is 12.1 Å². The molecule has 0 bridgehead atoms. The van der Waals surface area contributed by atoms with Crippen molar-refractivity contribution in [3.63, 3.8) is 0 Å². The van der Waals surface area contributed by atoms with Crippen LogP contribution in [0.15, 0.2) is 18.2 Å². The lowest BCUT2D eigenvalue weighted by molar-refractivity contribution is -0.164. The molecule has 29 heavy (non-hydrogen) atoms. The topological polar surface area (TPSA) is 153 Å². The van der Waals surface area contributed by atoms with Crippen LogP contribution < -0.4 is 11.5 Å². The fourth-order valence-corrected chi connectivity index (χ4v) is 3.31. The molecule has 4 amide bonds. The van der Waals surface area contributed by atoms with Crippen LogP contribution in [0, 0.1) is 5.92 Å². The molecule has 1 fully saturated rings. The molecular formula is C19H22N4O6. The number of fused-ring (bicyclic) bond motifs is 1. The lowest BCUT2D eigenvalue weighted by atomic mass is 10.0. The van der Waals surface area contributed by atoms with E-state index in [1.165, 1.54) is 12.1 Å². The minimum atomic E-state index is -1.18. The summed E-state index contributed by atoms with van der Waals surface area (Å²) in [5.74, 6) is -3.63. The quantitative estimate of drug-likeness (QED) is 0.392. The molecule has 10 heteroatoms. The molecule has 2 aliphatic rings. The van der Waals surface area contributed by atoms with E-state index in [1.807, 2.05) is 0 Å². The van der Waals surface area contributed by atoms with Crippen molar-refractivity contribution in [2.45, 2.75) is 38.8 Å². The summed E-state index contributed by atoms with van der Waals surface area (Å²) in [5, 5.41) is 0. The van der Waals surface area contributed by atoms with Crippen molar-refractivity contribution < 1.29 is 28.7 Å². The number of nitrogens with two attached hydrogens (primary N) is 2. The lowest BCUT2D eigenvalue weighted by Crippen LogP contribution is -2.57. The van der Waals surface area contributed by atoms with Gasteiger partial charge in [-0.2, -0.15) is 0 Å². The van der Waals surface area contributed by atoms with Crippen molar-refractivity contribution in [2.24, 2.45) is 11.7 Å². The van der Waals surface area contributed by atoms with Gasteiger partial charge >= 0.3 is 5.97 Å². The van der Waals surface area contributed by atoms with Gasteiger partial charge in [0.2, 0.25) is 5.91 Å². The van der Waals surface area contributed by atoms with Gasteiger partial charge < -0.3 is 16.2 Å². The summed E-state index contributed by atoms with van der Waals surface area (Å²) in [4.78, 5) is 64.0. The summed E-state index contributed by atoms with van der Waals surface area (Å²) >= 11 is 0. The Morgan fingerprint density at radius 2 is 1.90 bits per heavy atom. The van der Waals surface area contributed by atoms with E-state index in [4.69, 9.17) is 16.2 Å². The van der Waals surface area contributed by atoms with Crippen molar-refractivity contribution in [1.82, 2.24) is 9.80 Å². The summed E-state index contributed by atoms with van der Waals surface area (Å²) in [6, 6.07) is 2.40. The number of hydrogen-bond acceptors (Lipinski definition) is 8. The van der Waals surface area contributed by atoms with Crippen LogP contribution in [0.25, 0.3) is 0 Å². The van der Waals surface area contributed by atoms with Crippen molar-refractivity contribution in [1.29, 1.82) is 0 Å². The number of piperidine rings is 1. The maximum absolute atomic E-state index is 12.9. The van der Waals surface area contributed by atoms with E-state index in [0.717, 1.165) is 9.80 Å². The molecule has 1 aromatic rings. The molecule has 2 atom stereocenters. The zero-order valence-corrected chi connectivity index (χ0v) is 16.1. The monoisotopic (exact) mass is 402 g/mol. The number of carbonyl (C=O) groups excluding carboxylic acids is 5. The molecule has 1 aromatic carbocycles. The smallest absolute Gasteiger partial charge is 0.324 e. The van der Waals surface area contributed by atoms with Crippen LogP contribution in [0.1, 0.15) is 47.4 Å². The Hall–Kier alpha value is -3.27. The first-order valence-corrected chi connectivity index (χ1v) is 9.18. The molecular weight excluding hydrogens is 380 g/mol. The average Bonchev–Trinajstić information content (AvgIpc) is 2.93. The highest BCUT2D eigenvalue weighted by atomic mass is 16.5. The maximum atomic E-state index is 12.9. The first kappa shape index (κ1) is 20.5. The summed E-state index contributed by atoms with van der Waals surface area (Å²) in [7, 11) is 0. The minimum absolute atomic E-state index is 0.0149. The lowest BCUT2D eigenvalue weighted by Gasteiger charge is -2.34. The molecule has 1 unspecified atom stereocenters. The second-order valence-corrected chi connectivity index (χ2v) is 7.33. The van der Waals surface area contributed by atoms with Crippen LogP contribution in [-0.2, 0) is 19.1 Å². The Kier molecular flexibility index (Phi) is 5.38. The third-order valence-corrected chi connectivity index (χ3v) is 5.10. The first-order valence-electron chi connectivity index (χ1n) is 9.18. The zero-order valence-electron chi connectivity index (χ0n) is 16.1. The van der Waals surface area contributed by atoms with Crippen LogP contribution in [-0.4, -0.2) is 58.2 Å². The molecule has 2 aliphatic heterocycles. The highest BCUT2D eigenvalue weighted by Gasteiger charge is 2.47. The summed E-state index contributed by atoms with van der Waals surface area (Å²) in [6.07, 6.45) is -0.105. The van der Waals surface area contributed by atoms with E-state index in [-0.39, 0.29) is 35.6 Å². The number of anilines is 1. The number of hydrogen-bond donors (Lipinski definition) is 2. The maximum Gasteiger partial charge on any atom is 0.324 e. The Morgan fingerprint density at radius 1 is 1.21 bits per heavy atom. The number of imide groups is 2. The third kappa shape index (κ3) is 3.46. The Labute approximate surface area is 166 Å². The van der Waals surface area contributed by atoms with E-state index in [1.54, 1.807) is 19.9 Å². The van der Waals surface area contributed by atoms with Gasteiger partial charge in [-0.15, -0.1) is 0 Å². The van der Waals surface area contributed by atoms with Crippen LogP contribution in [0.4, 0.5) is 5.69 Å². The van der Waals surface area contributed by atoms with E-state index < -0.39 is 48.4 Å². The van der Waals surface area contributed by atoms with Gasteiger partial charge in [-0.25, -0.2) is 4.90 Å². The summed E-state index contributed by atoms with van der Waals surface area (Å²) < 4.78 is 5.00. The summed E-state index contributed by atoms with van der Waals surface area (Å²) in [6.45, 7) is 2.83. The van der Waals surface area contributed by atoms with Gasteiger partial charge in [-0.1, -0.05) is 19.9 Å². The molecule has 154 valence electrons. The second kappa shape index (κ2) is 7.63. The second-order valence-electron chi connectivity index (χ2n) is 7.33. The molecule has 3 rings (SSSR count). The van der Waals surface area contributed by atoms with E-state index in [0.29, 0.717) is 0 Å². The molecule has 10 nitrogen and oxygen atoms in total. The molecule has 0 aromatic heterocycles. The number of rotatable bonds is 5. The molecule has 0 aliphatic carbocycles. The van der Waals surface area contributed by atoms with Crippen molar-refractivity contribution in [2.75, 3.05) is 12.5 Å². The predicted octanol–water partition coefficient (Wildman–Crippen LogP) is -0.134. The molecule has 4 N–H and O–H groups in total. The molecule has 0 radical (unpaired) electrons. The first-order chi connectivity index (χ1) is 13.6. The van der Waals surface area contributed by atoms with Gasteiger partial charge in [-0.05, 0) is 24.5 Å². The molecule has 0 saturated carbocycles. The van der Waals surface area contributed by atoms with Gasteiger partial charge in [0.25, 0.3) is 17.7 Å². The van der Waals surface area contributed by atoms with E-state index in [2.05, 4.69) is 0 Å². The SMILES string of the molecule is CC(C)[C@H](N)C(=O)OCN1C(=O)CCC(N2C(=O)c3cccc(N)c3C2=O)C1=O. The van der Waals surface area contributed by atoms with Crippen LogP contribution in [0.3, 0.4) is 0 Å².